The Morgan fingerprint density at radius 1 is 1.24 bits per heavy atom. The molecule has 114 valence electrons. The van der Waals surface area contributed by atoms with Crippen LogP contribution in [0.1, 0.15) is 10.6 Å². The van der Waals surface area contributed by atoms with Crippen molar-refractivity contribution in [3.8, 4) is 0 Å². The molecule has 0 fully saturated rings. The fourth-order valence-electron chi connectivity index (χ4n) is 1.85. The van der Waals surface area contributed by atoms with Crippen molar-refractivity contribution in [2.75, 3.05) is 6.54 Å². The van der Waals surface area contributed by atoms with Crippen molar-refractivity contribution in [3.63, 3.8) is 0 Å². The fourth-order valence-corrected chi connectivity index (χ4v) is 2.90. The van der Waals surface area contributed by atoms with Crippen LogP contribution in [0.3, 0.4) is 0 Å². The van der Waals surface area contributed by atoms with Crippen LogP contribution in [0.25, 0.3) is 0 Å². The second kappa shape index (κ2) is 6.64. The van der Waals surface area contributed by atoms with Crippen LogP contribution < -0.4 is 10.9 Å². The molecule has 0 bridgehead atoms. The Hall–Kier alpha value is -1.31. The number of hydrogen-bond acceptors (Lipinski definition) is 3. The van der Waals surface area contributed by atoms with Crippen LogP contribution in [0.15, 0.2) is 35.1 Å². The Labute approximate surface area is 128 Å². The molecule has 0 radical (unpaired) electrons. The van der Waals surface area contributed by atoms with Gasteiger partial charge in [0.05, 0.1) is 4.34 Å². The second-order valence-corrected chi connectivity index (χ2v) is 6.08. The molecule has 0 aromatic carbocycles. The standard InChI is InChI=1S/C13H12ClF3N2OS/c14-11-5-4-9(21-11)8-18-6-7-19-10(13(15,16)17)2-1-3-12(19)20/h1-5,18H,6-8H2. The van der Waals surface area contributed by atoms with Crippen LogP contribution in [0.4, 0.5) is 13.2 Å². The first-order chi connectivity index (χ1) is 9.88. The molecule has 21 heavy (non-hydrogen) atoms. The van der Waals surface area contributed by atoms with Gasteiger partial charge in [-0.15, -0.1) is 11.3 Å². The molecule has 0 aliphatic carbocycles. The van der Waals surface area contributed by atoms with Crippen LogP contribution in [0.2, 0.25) is 4.34 Å². The normalized spacial score (nSPS) is 11.8. The van der Waals surface area contributed by atoms with Crippen molar-refractivity contribution in [2.45, 2.75) is 19.3 Å². The van der Waals surface area contributed by atoms with Gasteiger partial charge in [-0.1, -0.05) is 17.7 Å². The minimum absolute atomic E-state index is 0.0480. The van der Waals surface area contributed by atoms with E-state index in [1.165, 1.54) is 11.3 Å². The van der Waals surface area contributed by atoms with E-state index in [0.717, 1.165) is 27.6 Å². The molecule has 2 aromatic heterocycles. The molecule has 2 rings (SSSR count). The molecule has 2 aromatic rings. The van der Waals surface area contributed by atoms with E-state index in [-0.39, 0.29) is 13.1 Å². The lowest BCUT2D eigenvalue weighted by Gasteiger charge is -2.15. The summed E-state index contributed by atoms with van der Waals surface area (Å²) in [6, 6.07) is 6.74. The molecule has 8 heteroatoms. The van der Waals surface area contributed by atoms with Gasteiger partial charge in [0.25, 0.3) is 5.56 Å². The number of aromatic nitrogens is 1. The van der Waals surface area contributed by atoms with Crippen molar-refractivity contribution in [3.05, 3.63) is 55.6 Å². The van der Waals surface area contributed by atoms with Gasteiger partial charge in [0.2, 0.25) is 0 Å². The summed E-state index contributed by atoms with van der Waals surface area (Å²) in [4.78, 5) is 12.6. The largest absolute Gasteiger partial charge is 0.431 e. The zero-order valence-electron chi connectivity index (χ0n) is 10.8. The maximum atomic E-state index is 12.8. The van der Waals surface area contributed by atoms with Crippen LogP contribution in [-0.4, -0.2) is 11.1 Å². The molecule has 2 heterocycles. The van der Waals surface area contributed by atoms with Gasteiger partial charge in [-0.25, -0.2) is 0 Å². The third-order valence-corrected chi connectivity index (χ3v) is 4.01. The maximum absolute atomic E-state index is 12.8. The van der Waals surface area contributed by atoms with E-state index in [1.54, 1.807) is 6.07 Å². The summed E-state index contributed by atoms with van der Waals surface area (Å²) in [5, 5.41) is 2.99. The van der Waals surface area contributed by atoms with E-state index in [2.05, 4.69) is 5.32 Å². The van der Waals surface area contributed by atoms with E-state index < -0.39 is 17.4 Å². The van der Waals surface area contributed by atoms with Gasteiger partial charge in [0.15, 0.2) is 0 Å². The molecule has 0 saturated heterocycles. The number of pyridine rings is 1. The first kappa shape index (κ1) is 16.1. The van der Waals surface area contributed by atoms with E-state index in [1.807, 2.05) is 6.07 Å². The van der Waals surface area contributed by atoms with Gasteiger partial charge >= 0.3 is 6.18 Å². The molecule has 3 nitrogen and oxygen atoms in total. The number of thiophene rings is 1. The number of nitrogens with one attached hydrogen (secondary N) is 1. The van der Waals surface area contributed by atoms with Crippen molar-refractivity contribution >= 4 is 22.9 Å². The lowest BCUT2D eigenvalue weighted by molar-refractivity contribution is -0.144. The predicted molar refractivity (Wildman–Crippen MR) is 76.7 cm³/mol. The SMILES string of the molecule is O=c1cccc(C(F)(F)F)n1CCNCc1ccc(Cl)s1. The predicted octanol–water partition coefficient (Wildman–Crippen LogP) is 3.37. The number of nitrogens with zero attached hydrogens (tertiary/aromatic N) is 1. The number of alkyl halides is 3. The Balaban J connectivity index is 1.98. The fraction of sp³-hybridized carbons (Fsp3) is 0.308. The highest BCUT2D eigenvalue weighted by molar-refractivity contribution is 7.16. The molecule has 0 saturated carbocycles. The summed E-state index contributed by atoms with van der Waals surface area (Å²) < 4.78 is 39.8. The Morgan fingerprint density at radius 3 is 2.62 bits per heavy atom. The number of halogens is 4. The van der Waals surface area contributed by atoms with Gasteiger partial charge in [-0.2, -0.15) is 13.2 Å². The zero-order valence-corrected chi connectivity index (χ0v) is 12.4. The van der Waals surface area contributed by atoms with Crippen LogP contribution in [0, 0.1) is 0 Å². The van der Waals surface area contributed by atoms with Gasteiger partial charge in [0.1, 0.15) is 5.69 Å². The topological polar surface area (TPSA) is 34.0 Å². The van der Waals surface area contributed by atoms with Crippen molar-refractivity contribution in [2.24, 2.45) is 0 Å². The molecule has 0 aliphatic rings. The van der Waals surface area contributed by atoms with Crippen molar-refractivity contribution in [1.82, 2.24) is 9.88 Å². The van der Waals surface area contributed by atoms with E-state index in [9.17, 15) is 18.0 Å². The summed E-state index contributed by atoms with van der Waals surface area (Å²) in [6.45, 7) is 0.705. The lowest BCUT2D eigenvalue weighted by atomic mass is 10.3. The van der Waals surface area contributed by atoms with E-state index in [0.29, 0.717) is 10.9 Å². The summed E-state index contributed by atoms with van der Waals surface area (Å²) >= 11 is 7.18. The van der Waals surface area contributed by atoms with Crippen molar-refractivity contribution < 1.29 is 13.2 Å². The lowest BCUT2D eigenvalue weighted by Crippen LogP contribution is -2.31. The molecule has 0 spiro atoms. The van der Waals surface area contributed by atoms with Gasteiger partial charge in [-0.05, 0) is 18.2 Å². The van der Waals surface area contributed by atoms with Crippen molar-refractivity contribution in [1.29, 1.82) is 0 Å². The second-order valence-electron chi connectivity index (χ2n) is 4.28. The summed E-state index contributed by atoms with van der Waals surface area (Å²) in [5.74, 6) is 0. The van der Waals surface area contributed by atoms with Gasteiger partial charge in [0, 0.05) is 30.6 Å². The Kier molecular flexibility index (Phi) is 5.08. The average Bonchev–Trinajstić information content (AvgIpc) is 2.80. The monoisotopic (exact) mass is 336 g/mol. The average molecular weight is 337 g/mol. The smallest absolute Gasteiger partial charge is 0.310 e. The van der Waals surface area contributed by atoms with Crippen LogP contribution in [0.5, 0.6) is 0 Å². The Bertz CT molecular complexity index is 666. The summed E-state index contributed by atoms with van der Waals surface area (Å²) in [5.41, 5.74) is -1.60. The third-order valence-electron chi connectivity index (χ3n) is 2.78. The quantitative estimate of drug-likeness (QED) is 0.849. The molecular formula is C13H12ClF3N2OS. The highest BCUT2D eigenvalue weighted by atomic mass is 35.5. The minimum Gasteiger partial charge on any atom is -0.310 e. The van der Waals surface area contributed by atoms with Gasteiger partial charge in [-0.3, -0.25) is 4.79 Å². The summed E-state index contributed by atoms with van der Waals surface area (Å²) in [7, 11) is 0. The van der Waals surface area contributed by atoms with E-state index >= 15 is 0 Å². The van der Waals surface area contributed by atoms with Crippen LogP contribution in [-0.2, 0) is 19.3 Å². The van der Waals surface area contributed by atoms with Crippen LogP contribution >= 0.6 is 22.9 Å². The molecular weight excluding hydrogens is 325 g/mol. The molecule has 0 atom stereocenters. The number of hydrogen-bond donors (Lipinski definition) is 1. The third kappa shape index (κ3) is 4.33. The zero-order chi connectivity index (χ0) is 15.5. The molecule has 1 N–H and O–H groups in total. The minimum atomic E-state index is -4.54. The molecule has 0 unspecified atom stereocenters. The first-order valence-corrected chi connectivity index (χ1v) is 7.29. The maximum Gasteiger partial charge on any atom is 0.431 e. The highest BCUT2D eigenvalue weighted by Crippen LogP contribution is 2.28. The molecule has 0 amide bonds. The molecule has 0 aliphatic heterocycles. The highest BCUT2D eigenvalue weighted by Gasteiger charge is 2.33. The summed E-state index contributed by atoms with van der Waals surface area (Å²) in [6.07, 6.45) is -4.54. The first-order valence-electron chi connectivity index (χ1n) is 6.10. The number of rotatable bonds is 5. The van der Waals surface area contributed by atoms with Gasteiger partial charge < -0.3 is 9.88 Å². The van der Waals surface area contributed by atoms with E-state index in [4.69, 9.17) is 11.6 Å². The Morgan fingerprint density at radius 2 is 2.00 bits per heavy atom.